The molecule has 0 bridgehead atoms. The number of primary amides is 1. The van der Waals surface area contributed by atoms with Crippen LogP contribution in [0.4, 0.5) is 4.79 Å². The van der Waals surface area contributed by atoms with Gasteiger partial charge >= 0.3 is 16.2 Å². The Morgan fingerprint density at radius 3 is 2.52 bits per heavy atom. The number of imidazole rings is 1. The van der Waals surface area contributed by atoms with E-state index in [2.05, 4.69) is 23.0 Å². The summed E-state index contributed by atoms with van der Waals surface area (Å²) in [5.41, 5.74) is 9.27. The second-order valence-corrected chi connectivity index (χ2v) is 10.9. The van der Waals surface area contributed by atoms with E-state index in [1.165, 1.54) is 0 Å². The number of carbonyl (C=O) groups is 1. The summed E-state index contributed by atoms with van der Waals surface area (Å²) in [6.07, 6.45) is 3.07. The Labute approximate surface area is 187 Å². The monoisotopic (exact) mass is 461 g/mol. The molecular weight excluding hydrogens is 434 g/mol. The lowest BCUT2D eigenvalue weighted by Gasteiger charge is -2.12. The second-order valence-electron chi connectivity index (χ2n) is 8.02. The Kier molecular flexibility index (Phi) is 6.56. The molecule has 0 aliphatic carbocycles. The topological polar surface area (TPSA) is 104 Å². The normalized spacial score (nSPS) is 11.8. The van der Waals surface area contributed by atoms with Crippen molar-refractivity contribution in [3.8, 4) is 11.1 Å². The first-order valence-corrected chi connectivity index (χ1v) is 12.2. The van der Waals surface area contributed by atoms with E-state index in [0.717, 1.165) is 50.7 Å². The molecule has 7 nitrogen and oxygen atoms in total. The minimum absolute atomic E-state index is 0.0146. The van der Waals surface area contributed by atoms with Gasteiger partial charge in [-0.25, -0.2) is 9.78 Å². The molecule has 2 heterocycles. The lowest BCUT2D eigenvalue weighted by molar-refractivity contribution is 0.213. The van der Waals surface area contributed by atoms with Crippen LogP contribution in [-0.2, 0) is 27.3 Å². The van der Waals surface area contributed by atoms with Gasteiger partial charge in [0.15, 0.2) is 4.21 Å². The fraction of sp³-hybridized carbons (Fsp3) is 0.364. The third-order valence-corrected chi connectivity index (χ3v) is 8.08. The van der Waals surface area contributed by atoms with E-state index in [0.29, 0.717) is 18.0 Å². The second kappa shape index (κ2) is 8.84. The minimum Gasteiger partial charge on any atom is -0.334 e. The lowest BCUT2D eigenvalue weighted by Crippen LogP contribution is -2.18. The maximum atomic E-state index is 12.8. The van der Waals surface area contributed by atoms with Crippen molar-refractivity contribution in [3.05, 3.63) is 58.0 Å². The molecule has 3 rings (SSSR count). The van der Waals surface area contributed by atoms with Gasteiger partial charge in [-0.1, -0.05) is 32.0 Å². The van der Waals surface area contributed by atoms with Gasteiger partial charge in [0.1, 0.15) is 5.82 Å². The van der Waals surface area contributed by atoms with Crippen molar-refractivity contribution in [1.82, 2.24) is 9.55 Å². The average molecular weight is 462 g/mol. The SMILES string of the molecule is Cc1cc(Cn2ccnc2C)ccc1-c1c(S(=O)(=O)OC(N)=O)sc(CC(C)C)c1C. The van der Waals surface area contributed by atoms with Crippen LogP contribution in [0.1, 0.15) is 41.2 Å². The maximum absolute atomic E-state index is 12.8. The summed E-state index contributed by atoms with van der Waals surface area (Å²) in [5, 5.41) is 0. The third kappa shape index (κ3) is 4.99. The number of thiophene rings is 1. The number of benzene rings is 1. The summed E-state index contributed by atoms with van der Waals surface area (Å²) in [7, 11) is -4.32. The highest BCUT2D eigenvalue weighted by Gasteiger charge is 2.30. The van der Waals surface area contributed by atoms with E-state index < -0.39 is 16.2 Å². The van der Waals surface area contributed by atoms with Crippen molar-refractivity contribution in [2.45, 2.75) is 51.8 Å². The van der Waals surface area contributed by atoms with Gasteiger partial charge < -0.3 is 14.5 Å². The number of carbonyl (C=O) groups excluding carboxylic acids is 1. The summed E-state index contributed by atoms with van der Waals surface area (Å²) < 4.78 is 32.2. The molecule has 0 saturated heterocycles. The van der Waals surface area contributed by atoms with Crippen molar-refractivity contribution in [2.75, 3.05) is 0 Å². The van der Waals surface area contributed by atoms with Crippen LogP contribution in [-0.4, -0.2) is 24.1 Å². The highest BCUT2D eigenvalue weighted by molar-refractivity contribution is 7.89. The molecule has 9 heteroatoms. The maximum Gasteiger partial charge on any atom is 0.420 e. The molecule has 0 fully saturated rings. The first-order chi connectivity index (χ1) is 14.5. The van der Waals surface area contributed by atoms with E-state index in [4.69, 9.17) is 5.73 Å². The number of aromatic nitrogens is 2. The van der Waals surface area contributed by atoms with Crippen LogP contribution in [0.5, 0.6) is 0 Å². The summed E-state index contributed by atoms with van der Waals surface area (Å²) in [6, 6.07) is 5.94. The fourth-order valence-corrected chi connectivity index (χ4v) is 6.48. The molecule has 2 aromatic heterocycles. The van der Waals surface area contributed by atoms with Crippen LogP contribution in [0.15, 0.2) is 34.8 Å². The Morgan fingerprint density at radius 2 is 1.97 bits per heavy atom. The summed E-state index contributed by atoms with van der Waals surface area (Å²) in [4.78, 5) is 16.4. The lowest BCUT2D eigenvalue weighted by atomic mass is 9.96. The quantitative estimate of drug-likeness (QED) is 0.519. The zero-order chi connectivity index (χ0) is 22.9. The van der Waals surface area contributed by atoms with Gasteiger partial charge in [-0.15, -0.1) is 11.3 Å². The molecule has 2 N–H and O–H groups in total. The van der Waals surface area contributed by atoms with E-state index in [1.807, 2.05) is 49.7 Å². The highest BCUT2D eigenvalue weighted by Crippen LogP contribution is 2.42. The Hall–Kier alpha value is -2.65. The van der Waals surface area contributed by atoms with Crippen molar-refractivity contribution < 1.29 is 17.4 Å². The van der Waals surface area contributed by atoms with E-state index in [1.54, 1.807) is 6.20 Å². The van der Waals surface area contributed by atoms with Crippen molar-refractivity contribution in [1.29, 1.82) is 0 Å². The third-order valence-electron chi connectivity index (χ3n) is 5.06. The fourth-order valence-electron chi connectivity index (χ4n) is 3.60. The Bertz CT molecular complexity index is 1220. The van der Waals surface area contributed by atoms with Gasteiger partial charge in [0.05, 0.1) is 0 Å². The summed E-state index contributed by atoms with van der Waals surface area (Å²) in [6.45, 7) is 10.6. The Morgan fingerprint density at radius 1 is 1.26 bits per heavy atom. The number of aryl methyl sites for hydroxylation is 2. The van der Waals surface area contributed by atoms with Gasteiger partial charge in [-0.3, -0.25) is 0 Å². The molecule has 0 unspecified atom stereocenters. The molecule has 31 heavy (non-hydrogen) atoms. The molecule has 166 valence electrons. The molecule has 0 atom stereocenters. The Balaban J connectivity index is 2.11. The standard InChI is InChI=1S/C22H27N3O4S2/c1-13(2)10-19-15(4)20(21(30-19)31(27,28)29-22(23)26)18-7-6-17(11-14(18)3)12-25-9-8-24-16(25)5/h6-9,11,13H,10,12H2,1-5H3,(H2,23,26). The van der Waals surface area contributed by atoms with Crippen LogP contribution in [0.2, 0.25) is 0 Å². The average Bonchev–Trinajstić information content (AvgIpc) is 3.18. The first kappa shape index (κ1) is 23.0. The smallest absolute Gasteiger partial charge is 0.334 e. The number of hydrogen-bond donors (Lipinski definition) is 1. The minimum atomic E-state index is -4.32. The molecule has 3 aromatic rings. The molecule has 0 aliphatic rings. The van der Waals surface area contributed by atoms with Gasteiger partial charge in [0.2, 0.25) is 0 Å². The molecule has 0 radical (unpaired) electrons. The van der Waals surface area contributed by atoms with E-state index in [9.17, 15) is 13.2 Å². The largest absolute Gasteiger partial charge is 0.420 e. The zero-order valence-corrected chi connectivity index (χ0v) is 19.9. The number of nitrogens with two attached hydrogens (primary N) is 1. The van der Waals surface area contributed by atoms with Gasteiger partial charge in [0, 0.05) is 29.4 Å². The van der Waals surface area contributed by atoms with Gasteiger partial charge in [-0.2, -0.15) is 8.42 Å². The molecule has 0 saturated carbocycles. The number of nitrogens with zero attached hydrogens (tertiary/aromatic N) is 2. The van der Waals surface area contributed by atoms with Crippen LogP contribution in [0, 0.1) is 26.7 Å². The molecule has 1 amide bonds. The first-order valence-electron chi connectivity index (χ1n) is 9.93. The van der Waals surface area contributed by atoms with Crippen molar-refractivity contribution in [2.24, 2.45) is 11.7 Å². The summed E-state index contributed by atoms with van der Waals surface area (Å²) >= 11 is 1.14. The zero-order valence-electron chi connectivity index (χ0n) is 18.3. The molecular formula is C22H27N3O4S2. The van der Waals surface area contributed by atoms with Gasteiger partial charge in [0.25, 0.3) is 0 Å². The number of hydrogen-bond acceptors (Lipinski definition) is 6. The van der Waals surface area contributed by atoms with Crippen molar-refractivity contribution >= 4 is 27.5 Å². The molecule has 0 aliphatic heterocycles. The highest BCUT2D eigenvalue weighted by atomic mass is 32.3. The van der Waals surface area contributed by atoms with Crippen LogP contribution < -0.4 is 5.73 Å². The van der Waals surface area contributed by atoms with Crippen LogP contribution in [0.25, 0.3) is 11.1 Å². The summed E-state index contributed by atoms with van der Waals surface area (Å²) in [5.74, 6) is 1.27. The predicted octanol–water partition coefficient (Wildman–Crippen LogP) is 4.57. The van der Waals surface area contributed by atoms with E-state index >= 15 is 0 Å². The molecule has 0 spiro atoms. The molecule has 1 aromatic carbocycles. The number of amides is 1. The predicted molar refractivity (Wildman–Crippen MR) is 122 cm³/mol. The van der Waals surface area contributed by atoms with Crippen molar-refractivity contribution in [3.63, 3.8) is 0 Å². The van der Waals surface area contributed by atoms with Crippen LogP contribution in [0.3, 0.4) is 0 Å². The van der Waals surface area contributed by atoms with E-state index in [-0.39, 0.29) is 4.21 Å². The van der Waals surface area contributed by atoms with Crippen LogP contribution >= 0.6 is 11.3 Å². The van der Waals surface area contributed by atoms with Gasteiger partial charge in [-0.05, 0) is 55.4 Å². The number of rotatable bonds is 7.